The summed E-state index contributed by atoms with van der Waals surface area (Å²) >= 11 is 0. The van der Waals surface area contributed by atoms with E-state index in [1.54, 1.807) is 18.2 Å². The SMILES string of the molecule is Cc1ccc(Oc2cc(N3CCN(S(=O)(=O)c4ccc(C)cc4)CC3)nc(C)n2)cc1. The van der Waals surface area contributed by atoms with E-state index in [2.05, 4.69) is 14.9 Å². The lowest BCUT2D eigenvalue weighted by Gasteiger charge is -2.34. The monoisotopic (exact) mass is 438 g/mol. The van der Waals surface area contributed by atoms with Crippen LogP contribution in [0.4, 0.5) is 5.82 Å². The van der Waals surface area contributed by atoms with Crippen molar-refractivity contribution in [1.82, 2.24) is 14.3 Å². The number of hydrogen-bond donors (Lipinski definition) is 0. The summed E-state index contributed by atoms with van der Waals surface area (Å²) in [7, 11) is -3.50. The number of rotatable bonds is 5. The predicted octanol–water partition coefficient (Wildman–Crippen LogP) is 3.71. The number of anilines is 1. The fraction of sp³-hybridized carbons (Fsp3) is 0.304. The Kier molecular flexibility index (Phi) is 5.93. The van der Waals surface area contributed by atoms with Crippen molar-refractivity contribution in [1.29, 1.82) is 0 Å². The molecule has 0 saturated carbocycles. The molecule has 3 aromatic rings. The molecule has 1 aliphatic heterocycles. The molecule has 7 nitrogen and oxygen atoms in total. The number of ether oxygens (including phenoxy) is 1. The molecule has 1 aliphatic rings. The van der Waals surface area contributed by atoms with Gasteiger partial charge in [-0.05, 0) is 45.0 Å². The minimum Gasteiger partial charge on any atom is -0.439 e. The van der Waals surface area contributed by atoms with Gasteiger partial charge in [0.15, 0.2) is 0 Å². The summed E-state index contributed by atoms with van der Waals surface area (Å²) in [4.78, 5) is 11.3. The predicted molar refractivity (Wildman–Crippen MR) is 120 cm³/mol. The van der Waals surface area contributed by atoms with Crippen LogP contribution in [0.15, 0.2) is 59.5 Å². The van der Waals surface area contributed by atoms with E-state index < -0.39 is 10.0 Å². The Bertz CT molecular complexity index is 1150. The van der Waals surface area contributed by atoms with Crippen molar-refractivity contribution in [3.05, 3.63) is 71.5 Å². The Morgan fingerprint density at radius 2 is 1.39 bits per heavy atom. The van der Waals surface area contributed by atoms with Crippen LogP contribution in [-0.2, 0) is 10.0 Å². The van der Waals surface area contributed by atoms with Gasteiger partial charge >= 0.3 is 0 Å². The van der Waals surface area contributed by atoms with Crippen LogP contribution in [0.3, 0.4) is 0 Å². The average molecular weight is 439 g/mol. The Morgan fingerprint density at radius 3 is 2.00 bits per heavy atom. The van der Waals surface area contributed by atoms with Crippen LogP contribution >= 0.6 is 0 Å². The molecule has 0 radical (unpaired) electrons. The van der Waals surface area contributed by atoms with Gasteiger partial charge in [-0.3, -0.25) is 0 Å². The Labute approximate surface area is 183 Å². The van der Waals surface area contributed by atoms with E-state index in [-0.39, 0.29) is 0 Å². The van der Waals surface area contributed by atoms with E-state index in [0.717, 1.165) is 16.9 Å². The molecule has 0 atom stereocenters. The maximum Gasteiger partial charge on any atom is 0.243 e. The summed E-state index contributed by atoms with van der Waals surface area (Å²) in [6.07, 6.45) is 0. The highest BCUT2D eigenvalue weighted by atomic mass is 32.2. The van der Waals surface area contributed by atoms with Crippen molar-refractivity contribution < 1.29 is 13.2 Å². The van der Waals surface area contributed by atoms with Gasteiger partial charge in [0.25, 0.3) is 0 Å². The van der Waals surface area contributed by atoms with Crippen LogP contribution in [-0.4, -0.2) is 48.9 Å². The highest BCUT2D eigenvalue weighted by Gasteiger charge is 2.29. The summed E-state index contributed by atoms with van der Waals surface area (Å²) in [5, 5.41) is 0. The normalized spacial score (nSPS) is 15.1. The molecule has 0 unspecified atom stereocenters. The summed E-state index contributed by atoms with van der Waals surface area (Å²) in [6.45, 7) is 7.67. The van der Waals surface area contributed by atoms with Gasteiger partial charge in [0.1, 0.15) is 17.4 Å². The van der Waals surface area contributed by atoms with Gasteiger partial charge in [0.05, 0.1) is 4.90 Å². The molecule has 2 aromatic carbocycles. The van der Waals surface area contributed by atoms with Crippen molar-refractivity contribution in [3.8, 4) is 11.6 Å². The first-order valence-electron chi connectivity index (χ1n) is 10.2. The standard InChI is InChI=1S/C23H26N4O3S/c1-17-4-8-20(9-5-17)30-23-16-22(24-19(3)25-23)26-12-14-27(15-13-26)31(28,29)21-10-6-18(2)7-11-21/h4-11,16H,12-15H2,1-3H3. The Morgan fingerprint density at radius 1 is 0.806 bits per heavy atom. The first-order valence-corrected chi connectivity index (χ1v) is 11.7. The zero-order valence-electron chi connectivity index (χ0n) is 17.9. The number of nitrogens with zero attached hydrogens (tertiary/aromatic N) is 4. The summed E-state index contributed by atoms with van der Waals surface area (Å²) < 4.78 is 33.3. The molecule has 4 rings (SSSR count). The van der Waals surface area contributed by atoms with E-state index in [4.69, 9.17) is 4.74 Å². The number of aromatic nitrogens is 2. The van der Waals surface area contributed by atoms with Crippen LogP contribution in [0.5, 0.6) is 11.6 Å². The molecule has 0 N–H and O–H groups in total. The molecule has 0 amide bonds. The van der Waals surface area contributed by atoms with Crippen molar-refractivity contribution in [2.45, 2.75) is 25.7 Å². The lowest BCUT2D eigenvalue weighted by molar-refractivity contribution is 0.383. The molecule has 2 heterocycles. The topological polar surface area (TPSA) is 75.6 Å². The minimum absolute atomic E-state index is 0.332. The van der Waals surface area contributed by atoms with Gasteiger partial charge in [-0.15, -0.1) is 0 Å². The lowest BCUT2D eigenvalue weighted by atomic mass is 10.2. The van der Waals surface area contributed by atoms with Crippen LogP contribution in [0.25, 0.3) is 0 Å². The van der Waals surface area contributed by atoms with E-state index in [1.165, 1.54) is 4.31 Å². The van der Waals surface area contributed by atoms with Crippen molar-refractivity contribution in [2.24, 2.45) is 0 Å². The van der Waals surface area contributed by atoms with Gasteiger partial charge in [-0.1, -0.05) is 35.4 Å². The smallest absolute Gasteiger partial charge is 0.243 e. The van der Waals surface area contributed by atoms with Crippen LogP contribution < -0.4 is 9.64 Å². The first-order chi connectivity index (χ1) is 14.8. The van der Waals surface area contributed by atoms with E-state index >= 15 is 0 Å². The van der Waals surface area contributed by atoms with Gasteiger partial charge in [-0.2, -0.15) is 9.29 Å². The summed E-state index contributed by atoms with van der Waals surface area (Å²) in [6, 6.07) is 16.6. The molecule has 0 aliphatic carbocycles. The zero-order valence-corrected chi connectivity index (χ0v) is 18.8. The first kappa shape index (κ1) is 21.3. The number of sulfonamides is 1. The maximum atomic E-state index is 12.9. The second-order valence-electron chi connectivity index (χ2n) is 7.73. The van der Waals surface area contributed by atoms with Gasteiger partial charge in [0, 0.05) is 32.2 Å². The van der Waals surface area contributed by atoms with Crippen LogP contribution in [0, 0.1) is 20.8 Å². The third kappa shape index (κ3) is 4.86. The van der Waals surface area contributed by atoms with Gasteiger partial charge in [0.2, 0.25) is 15.9 Å². The zero-order chi connectivity index (χ0) is 22.0. The minimum atomic E-state index is -3.50. The van der Waals surface area contributed by atoms with Gasteiger partial charge in [-0.25, -0.2) is 13.4 Å². The van der Waals surface area contributed by atoms with Crippen LogP contribution in [0.2, 0.25) is 0 Å². The molecule has 0 bridgehead atoms. The molecule has 31 heavy (non-hydrogen) atoms. The summed E-state index contributed by atoms with van der Waals surface area (Å²) in [5.74, 6) is 2.53. The highest BCUT2D eigenvalue weighted by Crippen LogP contribution is 2.25. The summed E-state index contributed by atoms with van der Waals surface area (Å²) in [5.41, 5.74) is 2.19. The molecule has 1 fully saturated rings. The lowest BCUT2D eigenvalue weighted by Crippen LogP contribution is -2.49. The highest BCUT2D eigenvalue weighted by molar-refractivity contribution is 7.89. The maximum absolute atomic E-state index is 12.9. The van der Waals surface area contributed by atoms with Crippen molar-refractivity contribution in [2.75, 3.05) is 31.1 Å². The van der Waals surface area contributed by atoms with Crippen molar-refractivity contribution in [3.63, 3.8) is 0 Å². The Hall–Kier alpha value is -2.97. The fourth-order valence-corrected chi connectivity index (χ4v) is 4.91. The van der Waals surface area contributed by atoms with E-state index in [1.807, 2.05) is 57.2 Å². The van der Waals surface area contributed by atoms with E-state index in [0.29, 0.717) is 48.5 Å². The molecular formula is C23H26N4O3S. The van der Waals surface area contributed by atoms with Gasteiger partial charge < -0.3 is 9.64 Å². The molecule has 8 heteroatoms. The Balaban J connectivity index is 1.46. The molecule has 162 valence electrons. The largest absolute Gasteiger partial charge is 0.439 e. The average Bonchev–Trinajstić information content (AvgIpc) is 2.75. The third-order valence-corrected chi connectivity index (χ3v) is 7.18. The quantitative estimate of drug-likeness (QED) is 0.605. The fourth-order valence-electron chi connectivity index (χ4n) is 3.48. The second-order valence-corrected chi connectivity index (χ2v) is 9.67. The number of hydrogen-bond acceptors (Lipinski definition) is 6. The second kappa shape index (κ2) is 8.64. The van der Waals surface area contributed by atoms with E-state index in [9.17, 15) is 8.42 Å². The molecular weight excluding hydrogens is 412 g/mol. The number of aryl methyl sites for hydroxylation is 3. The van der Waals surface area contributed by atoms with Crippen LogP contribution in [0.1, 0.15) is 17.0 Å². The third-order valence-electron chi connectivity index (χ3n) is 5.27. The molecule has 1 saturated heterocycles. The number of piperazine rings is 1. The van der Waals surface area contributed by atoms with Crippen molar-refractivity contribution >= 4 is 15.8 Å². The molecule has 1 aromatic heterocycles. The number of benzene rings is 2. The molecule has 0 spiro atoms.